The Bertz CT molecular complexity index is 370. The summed E-state index contributed by atoms with van der Waals surface area (Å²) in [6.07, 6.45) is 3.51. The monoisotopic (exact) mass is 243 g/mol. The molecule has 0 bridgehead atoms. The molecule has 0 spiro atoms. The lowest BCUT2D eigenvalue weighted by molar-refractivity contribution is -0.138. The maximum Gasteiger partial charge on any atom is 0.311 e. The van der Waals surface area contributed by atoms with Crippen molar-refractivity contribution in [1.82, 2.24) is 4.57 Å². The van der Waals surface area contributed by atoms with Crippen molar-refractivity contribution in [2.75, 3.05) is 0 Å². The van der Waals surface area contributed by atoms with Gasteiger partial charge in [-0.2, -0.15) is 0 Å². The number of rotatable bonds is 1. The first-order valence-corrected chi connectivity index (χ1v) is 4.97. The predicted molar refractivity (Wildman–Crippen MR) is 51.8 cm³/mol. The molecule has 1 aromatic rings. The second-order valence-electron chi connectivity index (χ2n) is 3.39. The third kappa shape index (κ3) is 1.20. The Morgan fingerprint density at radius 1 is 1.77 bits per heavy atom. The Morgan fingerprint density at radius 2 is 2.46 bits per heavy atom. The molecule has 0 saturated carbocycles. The van der Waals surface area contributed by atoms with Gasteiger partial charge in [0.05, 0.1) is 10.5 Å². The lowest BCUT2D eigenvalue weighted by atomic mass is 10.1. The van der Waals surface area contributed by atoms with Crippen LogP contribution in [0.4, 0.5) is 0 Å². The molecular formula is C9H10BrNO2. The number of nitrogens with zero attached hydrogens (tertiary/aromatic N) is 1. The van der Waals surface area contributed by atoms with Crippen LogP contribution in [0.3, 0.4) is 0 Å². The van der Waals surface area contributed by atoms with Crippen LogP contribution in [0.1, 0.15) is 23.5 Å². The van der Waals surface area contributed by atoms with Gasteiger partial charge in [0, 0.05) is 13.2 Å². The molecule has 1 aliphatic carbocycles. The number of aryl methyl sites for hydroxylation is 1. The van der Waals surface area contributed by atoms with E-state index in [1.54, 1.807) is 0 Å². The SMILES string of the molecule is Cn1cc2c(c1Br)CCC2C(=O)O. The van der Waals surface area contributed by atoms with Gasteiger partial charge in [0.2, 0.25) is 0 Å². The highest BCUT2D eigenvalue weighted by atomic mass is 79.9. The first kappa shape index (κ1) is 8.81. The van der Waals surface area contributed by atoms with Gasteiger partial charge in [0.1, 0.15) is 0 Å². The molecule has 0 aromatic carbocycles. The number of carboxylic acids is 1. The summed E-state index contributed by atoms with van der Waals surface area (Å²) in [5.41, 5.74) is 2.14. The van der Waals surface area contributed by atoms with E-state index in [2.05, 4.69) is 15.9 Å². The van der Waals surface area contributed by atoms with E-state index in [0.717, 1.165) is 28.6 Å². The number of aromatic nitrogens is 1. The predicted octanol–water partition coefficient (Wildman–Crippen LogP) is 1.90. The van der Waals surface area contributed by atoms with Gasteiger partial charge in [-0.25, -0.2) is 0 Å². The number of hydrogen-bond donors (Lipinski definition) is 1. The second-order valence-corrected chi connectivity index (χ2v) is 4.15. The molecule has 0 fully saturated rings. The average Bonchev–Trinajstić information content (AvgIpc) is 2.55. The first-order chi connectivity index (χ1) is 6.11. The molecule has 0 radical (unpaired) electrons. The highest BCUT2D eigenvalue weighted by Crippen LogP contribution is 2.38. The fourth-order valence-corrected chi connectivity index (χ4v) is 2.45. The van der Waals surface area contributed by atoms with Crippen LogP contribution < -0.4 is 0 Å². The molecule has 0 saturated heterocycles. The molecule has 0 amide bonds. The van der Waals surface area contributed by atoms with Crippen molar-refractivity contribution in [3.63, 3.8) is 0 Å². The smallest absolute Gasteiger partial charge is 0.311 e. The van der Waals surface area contributed by atoms with Crippen LogP contribution in [0.15, 0.2) is 10.8 Å². The van der Waals surface area contributed by atoms with Gasteiger partial charge >= 0.3 is 5.97 Å². The molecule has 1 aliphatic rings. The van der Waals surface area contributed by atoms with Crippen LogP contribution in [0.25, 0.3) is 0 Å². The van der Waals surface area contributed by atoms with E-state index in [0.29, 0.717) is 0 Å². The molecule has 1 unspecified atom stereocenters. The molecular weight excluding hydrogens is 234 g/mol. The standard InChI is InChI=1S/C9H10BrNO2/c1-11-4-7-5(8(11)10)2-3-6(7)9(12)13/h4,6H,2-3H2,1H3,(H,12,13). The highest BCUT2D eigenvalue weighted by molar-refractivity contribution is 9.10. The highest BCUT2D eigenvalue weighted by Gasteiger charge is 2.31. The normalized spacial score (nSPS) is 20.3. The lowest BCUT2D eigenvalue weighted by Gasteiger charge is -2.01. The summed E-state index contributed by atoms with van der Waals surface area (Å²) in [5, 5.41) is 8.94. The third-order valence-corrected chi connectivity index (χ3v) is 3.63. The van der Waals surface area contributed by atoms with Gasteiger partial charge in [-0.15, -0.1) is 0 Å². The molecule has 70 valence electrons. The van der Waals surface area contributed by atoms with Crippen molar-refractivity contribution in [1.29, 1.82) is 0 Å². The quantitative estimate of drug-likeness (QED) is 0.819. The summed E-state index contributed by atoms with van der Waals surface area (Å²) in [4.78, 5) is 10.9. The number of fused-ring (bicyclic) bond motifs is 1. The maximum absolute atomic E-state index is 10.9. The molecule has 13 heavy (non-hydrogen) atoms. The van der Waals surface area contributed by atoms with E-state index in [4.69, 9.17) is 5.11 Å². The molecule has 4 heteroatoms. The molecule has 1 heterocycles. The van der Waals surface area contributed by atoms with Crippen LogP contribution in [-0.4, -0.2) is 15.6 Å². The largest absolute Gasteiger partial charge is 0.481 e. The number of aliphatic carboxylic acids is 1. The van der Waals surface area contributed by atoms with Crippen molar-refractivity contribution in [3.8, 4) is 0 Å². The maximum atomic E-state index is 10.9. The van der Waals surface area contributed by atoms with Crippen molar-refractivity contribution in [3.05, 3.63) is 21.9 Å². The van der Waals surface area contributed by atoms with Crippen molar-refractivity contribution in [2.45, 2.75) is 18.8 Å². The minimum Gasteiger partial charge on any atom is -0.481 e. The third-order valence-electron chi connectivity index (χ3n) is 2.60. The van der Waals surface area contributed by atoms with E-state index < -0.39 is 5.97 Å². The zero-order valence-electron chi connectivity index (χ0n) is 7.25. The molecule has 0 aliphatic heterocycles. The van der Waals surface area contributed by atoms with E-state index in [1.807, 2.05) is 17.8 Å². The minimum atomic E-state index is -0.711. The van der Waals surface area contributed by atoms with Gasteiger partial charge in [0.15, 0.2) is 0 Å². The molecule has 1 aromatic heterocycles. The first-order valence-electron chi connectivity index (χ1n) is 4.17. The van der Waals surface area contributed by atoms with Gasteiger partial charge in [0.25, 0.3) is 0 Å². The number of carboxylic acid groups (broad SMARTS) is 1. The van der Waals surface area contributed by atoms with E-state index >= 15 is 0 Å². The number of halogens is 1. The van der Waals surface area contributed by atoms with Crippen LogP contribution in [-0.2, 0) is 18.3 Å². The van der Waals surface area contributed by atoms with Gasteiger partial charge < -0.3 is 9.67 Å². The summed E-state index contributed by atoms with van der Waals surface area (Å²) in [5.74, 6) is -1.01. The summed E-state index contributed by atoms with van der Waals surface area (Å²) in [6.45, 7) is 0. The summed E-state index contributed by atoms with van der Waals surface area (Å²) >= 11 is 3.45. The Balaban J connectivity index is 2.48. The number of hydrogen-bond acceptors (Lipinski definition) is 1. The van der Waals surface area contributed by atoms with Crippen LogP contribution in [0, 0.1) is 0 Å². The van der Waals surface area contributed by atoms with E-state index in [-0.39, 0.29) is 5.92 Å². The number of carbonyl (C=O) groups is 1. The van der Waals surface area contributed by atoms with E-state index in [9.17, 15) is 4.79 Å². The Hall–Kier alpha value is -0.770. The van der Waals surface area contributed by atoms with Crippen molar-refractivity contribution < 1.29 is 9.90 Å². The Morgan fingerprint density at radius 3 is 3.08 bits per heavy atom. The summed E-state index contributed by atoms with van der Waals surface area (Å²) in [7, 11) is 1.92. The second kappa shape index (κ2) is 2.87. The fraction of sp³-hybridized carbons (Fsp3) is 0.444. The summed E-state index contributed by atoms with van der Waals surface area (Å²) < 4.78 is 2.95. The van der Waals surface area contributed by atoms with E-state index in [1.165, 1.54) is 0 Å². The Kier molecular flexibility index (Phi) is 1.95. The lowest BCUT2D eigenvalue weighted by Crippen LogP contribution is -2.07. The zero-order valence-corrected chi connectivity index (χ0v) is 8.84. The fourth-order valence-electron chi connectivity index (χ4n) is 1.92. The van der Waals surface area contributed by atoms with Crippen LogP contribution in [0.5, 0.6) is 0 Å². The van der Waals surface area contributed by atoms with Gasteiger partial charge in [-0.3, -0.25) is 4.79 Å². The molecule has 3 nitrogen and oxygen atoms in total. The van der Waals surface area contributed by atoms with Gasteiger partial charge in [-0.05, 0) is 39.9 Å². The van der Waals surface area contributed by atoms with Crippen molar-refractivity contribution in [2.24, 2.45) is 7.05 Å². The zero-order chi connectivity index (χ0) is 9.59. The molecule has 2 rings (SSSR count). The Labute approximate surface area is 84.5 Å². The average molecular weight is 244 g/mol. The van der Waals surface area contributed by atoms with Crippen LogP contribution >= 0.6 is 15.9 Å². The summed E-state index contributed by atoms with van der Waals surface area (Å²) in [6, 6.07) is 0. The minimum absolute atomic E-state index is 0.299. The van der Waals surface area contributed by atoms with Gasteiger partial charge in [-0.1, -0.05) is 0 Å². The van der Waals surface area contributed by atoms with Crippen molar-refractivity contribution >= 4 is 21.9 Å². The van der Waals surface area contributed by atoms with Crippen LogP contribution in [0.2, 0.25) is 0 Å². The molecule has 1 atom stereocenters. The topological polar surface area (TPSA) is 42.2 Å². The molecule has 1 N–H and O–H groups in total.